The molecule has 0 atom stereocenters. The number of carbonyl (C=O) groups excluding carboxylic acids is 1. The molecule has 0 bridgehead atoms. The van der Waals surface area contributed by atoms with Crippen LogP contribution in [0.2, 0.25) is 0 Å². The van der Waals surface area contributed by atoms with Gasteiger partial charge in [-0.3, -0.25) is 4.79 Å². The minimum Gasteiger partial charge on any atom is -0.348 e. The molecule has 1 aromatic rings. The molecule has 2 rings (SSSR count). The number of rotatable bonds is 5. The van der Waals surface area contributed by atoms with Crippen LogP contribution < -0.4 is 0 Å². The predicted octanol–water partition coefficient (Wildman–Crippen LogP) is 3.83. The van der Waals surface area contributed by atoms with E-state index in [1.807, 2.05) is 44.5 Å². The SMILES string of the molecule is CC(C)C(=O)c1cn(CC(C)(C)N=O)c2c1C=CCC2. The maximum atomic E-state index is 12.3. The Hall–Kier alpha value is -1.71. The number of Topliss-reactive ketones (excluding diaryl/α,β-unsaturated/α-hetero) is 1. The summed E-state index contributed by atoms with van der Waals surface area (Å²) in [4.78, 5) is 23.2. The van der Waals surface area contributed by atoms with Gasteiger partial charge in [-0.15, -0.1) is 0 Å². The van der Waals surface area contributed by atoms with Gasteiger partial charge in [0.2, 0.25) is 0 Å². The largest absolute Gasteiger partial charge is 0.348 e. The molecule has 4 heteroatoms. The van der Waals surface area contributed by atoms with E-state index in [-0.39, 0.29) is 11.7 Å². The van der Waals surface area contributed by atoms with Crippen molar-refractivity contribution in [3.8, 4) is 0 Å². The first kappa shape index (κ1) is 14.7. The summed E-state index contributed by atoms with van der Waals surface area (Å²) in [5.74, 6) is 0.130. The zero-order valence-electron chi connectivity index (χ0n) is 12.6. The Morgan fingerprint density at radius 3 is 2.75 bits per heavy atom. The van der Waals surface area contributed by atoms with Gasteiger partial charge in [-0.2, -0.15) is 4.91 Å². The molecular formula is C16H22N2O2. The van der Waals surface area contributed by atoms with Gasteiger partial charge < -0.3 is 4.57 Å². The van der Waals surface area contributed by atoms with Gasteiger partial charge in [0.05, 0.1) is 6.54 Å². The van der Waals surface area contributed by atoms with Gasteiger partial charge in [0.1, 0.15) is 5.54 Å². The van der Waals surface area contributed by atoms with Crippen molar-refractivity contribution in [1.82, 2.24) is 4.57 Å². The minimum absolute atomic E-state index is 0.0255. The zero-order chi connectivity index (χ0) is 14.9. The Kier molecular flexibility index (Phi) is 3.93. The van der Waals surface area contributed by atoms with Crippen molar-refractivity contribution in [2.75, 3.05) is 0 Å². The second-order valence-corrected chi connectivity index (χ2v) is 6.39. The number of nitrogens with zero attached hydrogens (tertiary/aromatic N) is 2. The van der Waals surface area contributed by atoms with Gasteiger partial charge in [-0.05, 0) is 26.7 Å². The van der Waals surface area contributed by atoms with E-state index in [0.29, 0.717) is 6.54 Å². The van der Waals surface area contributed by atoms with Gasteiger partial charge >= 0.3 is 0 Å². The number of nitroso groups, excluding NO2 is 1. The van der Waals surface area contributed by atoms with Crippen LogP contribution in [0.4, 0.5) is 0 Å². The van der Waals surface area contributed by atoms with Crippen molar-refractivity contribution in [3.63, 3.8) is 0 Å². The molecule has 0 radical (unpaired) electrons. The first-order chi connectivity index (χ1) is 9.35. The first-order valence-electron chi connectivity index (χ1n) is 7.13. The monoisotopic (exact) mass is 274 g/mol. The number of carbonyl (C=O) groups is 1. The Labute approximate surface area is 119 Å². The standard InChI is InChI=1S/C16H22N2O2/c1-11(2)15(19)13-9-18(10-16(3,4)17-20)14-8-6-5-7-12(13)14/h5,7,9,11H,6,8,10H2,1-4H3. The van der Waals surface area contributed by atoms with Gasteiger partial charge in [0.15, 0.2) is 5.78 Å². The number of ketones is 1. The summed E-state index contributed by atoms with van der Waals surface area (Å²) in [5.41, 5.74) is 2.28. The first-order valence-corrected chi connectivity index (χ1v) is 7.13. The van der Waals surface area contributed by atoms with Crippen molar-refractivity contribution >= 4 is 11.9 Å². The van der Waals surface area contributed by atoms with E-state index in [0.717, 1.165) is 29.7 Å². The molecule has 1 aliphatic rings. The van der Waals surface area contributed by atoms with Crippen molar-refractivity contribution in [2.45, 2.75) is 52.6 Å². The maximum absolute atomic E-state index is 12.3. The molecule has 1 aliphatic carbocycles. The van der Waals surface area contributed by atoms with E-state index >= 15 is 0 Å². The molecule has 0 unspecified atom stereocenters. The van der Waals surface area contributed by atoms with Crippen molar-refractivity contribution in [3.05, 3.63) is 34.0 Å². The van der Waals surface area contributed by atoms with Crippen molar-refractivity contribution in [2.24, 2.45) is 11.1 Å². The Morgan fingerprint density at radius 1 is 1.45 bits per heavy atom. The van der Waals surface area contributed by atoms with Gasteiger partial charge in [-0.1, -0.05) is 31.2 Å². The van der Waals surface area contributed by atoms with Crippen LogP contribution in [0.3, 0.4) is 0 Å². The fourth-order valence-electron chi connectivity index (χ4n) is 2.59. The molecule has 0 aromatic carbocycles. The molecule has 0 fully saturated rings. The van der Waals surface area contributed by atoms with Crippen LogP contribution in [0.15, 0.2) is 17.4 Å². The molecule has 20 heavy (non-hydrogen) atoms. The maximum Gasteiger partial charge on any atom is 0.167 e. The van der Waals surface area contributed by atoms with E-state index in [1.165, 1.54) is 0 Å². The molecule has 108 valence electrons. The van der Waals surface area contributed by atoms with Gasteiger partial charge in [-0.25, -0.2) is 0 Å². The summed E-state index contributed by atoms with van der Waals surface area (Å²) in [7, 11) is 0. The van der Waals surface area contributed by atoms with Crippen molar-refractivity contribution < 1.29 is 4.79 Å². The number of hydrogen-bond donors (Lipinski definition) is 0. The van der Waals surface area contributed by atoms with Crippen LogP contribution in [0.1, 0.15) is 55.7 Å². The topological polar surface area (TPSA) is 51.4 Å². The van der Waals surface area contributed by atoms with E-state index in [1.54, 1.807) is 0 Å². The van der Waals surface area contributed by atoms with Gasteiger partial charge in [0.25, 0.3) is 0 Å². The molecule has 1 heterocycles. The molecule has 0 N–H and O–H groups in total. The van der Waals surface area contributed by atoms with Crippen LogP contribution in [-0.2, 0) is 13.0 Å². The average Bonchev–Trinajstić information content (AvgIpc) is 2.76. The number of aromatic nitrogens is 1. The molecule has 0 spiro atoms. The summed E-state index contributed by atoms with van der Waals surface area (Å²) < 4.78 is 2.04. The van der Waals surface area contributed by atoms with E-state index in [4.69, 9.17) is 0 Å². The lowest BCUT2D eigenvalue weighted by Crippen LogP contribution is -2.24. The second-order valence-electron chi connectivity index (χ2n) is 6.39. The Balaban J connectivity index is 2.47. The third-order valence-electron chi connectivity index (χ3n) is 3.66. The lowest BCUT2D eigenvalue weighted by Gasteiger charge is -2.19. The fourth-order valence-corrected chi connectivity index (χ4v) is 2.59. The van der Waals surface area contributed by atoms with Crippen LogP contribution in [0, 0.1) is 10.8 Å². The van der Waals surface area contributed by atoms with E-state index < -0.39 is 5.54 Å². The Morgan fingerprint density at radius 2 is 2.15 bits per heavy atom. The van der Waals surface area contributed by atoms with Gasteiger partial charge in [0, 0.05) is 28.9 Å². The minimum atomic E-state index is -0.661. The molecule has 1 aromatic heterocycles. The lowest BCUT2D eigenvalue weighted by molar-refractivity contribution is 0.0939. The summed E-state index contributed by atoms with van der Waals surface area (Å²) in [6, 6.07) is 0. The summed E-state index contributed by atoms with van der Waals surface area (Å²) >= 11 is 0. The predicted molar refractivity (Wildman–Crippen MR) is 80.8 cm³/mol. The summed E-state index contributed by atoms with van der Waals surface area (Å²) in [6.07, 6.45) is 7.92. The fraction of sp³-hybridized carbons (Fsp3) is 0.562. The average molecular weight is 274 g/mol. The number of fused-ring (bicyclic) bond motifs is 1. The highest BCUT2D eigenvalue weighted by atomic mass is 16.3. The normalized spacial score (nSPS) is 14.4. The molecule has 0 aliphatic heterocycles. The highest BCUT2D eigenvalue weighted by molar-refractivity contribution is 6.01. The van der Waals surface area contributed by atoms with E-state index in [9.17, 15) is 9.70 Å². The highest BCUT2D eigenvalue weighted by Gasteiger charge is 2.26. The van der Waals surface area contributed by atoms with Crippen LogP contribution in [0.25, 0.3) is 6.08 Å². The van der Waals surface area contributed by atoms with Crippen LogP contribution in [0.5, 0.6) is 0 Å². The van der Waals surface area contributed by atoms with Crippen molar-refractivity contribution in [1.29, 1.82) is 0 Å². The van der Waals surface area contributed by atoms with E-state index in [2.05, 4.69) is 11.3 Å². The third-order valence-corrected chi connectivity index (χ3v) is 3.66. The highest BCUT2D eigenvalue weighted by Crippen LogP contribution is 2.28. The molecule has 0 saturated carbocycles. The quantitative estimate of drug-likeness (QED) is 0.605. The van der Waals surface area contributed by atoms with Crippen LogP contribution in [-0.4, -0.2) is 15.9 Å². The zero-order valence-corrected chi connectivity index (χ0v) is 12.6. The summed E-state index contributed by atoms with van der Waals surface area (Å²) in [6.45, 7) is 7.97. The third kappa shape index (κ3) is 2.74. The molecule has 0 amide bonds. The second kappa shape index (κ2) is 5.35. The lowest BCUT2D eigenvalue weighted by atomic mass is 9.95. The molecule has 4 nitrogen and oxygen atoms in total. The smallest absolute Gasteiger partial charge is 0.167 e. The molecular weight excluding hydrogens is 252 g/mol. The summed E-state index contributed by atoms with van der Waals surface area (Å²) in [5, 5.41) is 3.18. The molecule has 0 saturated heterocycles. The number of allylic oxidation sites excluding steroid dienone is 1. The number of hydrogen-bond acceptors (Lipinski definition) is 3. The Bertz CT molecular complexity index is 565. The van der Waals surface area contributed by atoms with Crippen LogP contribution >= 0.6 is 0 Å².